The van der Waals surface area contributed by atoms with Crippen molar-refractivity contribution in [2.75, 3.05) is 19.8 Å². The summed E-state index contributed by atoms with van der Waals surface area (Å²) < 4.78 is 10.9. The van der Waals surface area contributed by atoms with Crippen LogP contribution in [0, 0.1) is 11.3 Å². The fraction of sp³-hybridized carbons (Fsp3) is 0.444. The number of carbonyl (C=O) groups is 3. The van der Waals surface area contributed by atoms with Gasteiger partial charge in [-0.3, -0.25) is 9.59 Å². The monoisotopic (exact) mass is 480 g/mol. The van der Waals surface area contributed by atoms with Crippen LogP contribution in [0.5, 0.6) is 0 Å². The lowest BCUT2D eigenvalue weighted by Gasteiger charge is -2.27. The van der Waals surface area contributed by atoms with Crippen molar-refractivity contribution >= 4 is 18.0 Å². The molecule has 0 spiro atoms. The molecule has 3 N–H and O–H groups in total. The molecule has 1 heterocycles. The van der Waals surface area contributed by atoms with Crippen LogP contribution in [0.1, 0.15) is 44.2 Å². The van der Waals surface area contributed by atoms with Gasteiger partial charge in [-0.1, -0.05) is 62.4 Å². The van der Waals surface area contributed by atoms with Gasteiger partial charge in [-0.15, -0.1) is 0 Å². The van der Waals surface area contributed by atoms with E-state index in [1.807, 2.05) is 38.1 Å². The first-order valence-electron chi connectivity index (χ1n) is 11.9. The number of benzene rings is 2. The highest BCUT2D eigenvalue weighted by Crippen LogP contribution is 2.44. The molecular weight excluding hydrogens is 448 g/mol. The third-order valence-electron chi connectivity index (χ3n) is 7.14. The summed E-state index contributed by atoms with van der Waals surface area (Å²) in [5, 5.41) is 15.1. The molecule has 0 saturated carbocycles. The number of rotatable bonds is 8. The highest BCUT2D eigenvalue weighted by molar-refractivity contribution is 5.81. The Balaban J connectivity index is 1.35. The Morgan fingerprint density at radius 1 is 1.09 bits per heavy atom. The number of nitrogens with one attached hydrogen (secondary N) is 2. The van der Waals surface area contributed by atoms with Crippen LogP contribution in [0.4, 0.5) is 4.79 Å². The van der Waals surface area contributed by atoms with E-state index in [1.54, 1.807) is 6.92 Å². The molecule has 2 aromatic rings. The average Bonchev–Trinajstić information content (AvgIpc) is 3.36. The van der Waals surface area contributed by atoms with Gasteiger partial charge in [0.15, 0.2) is 0 Å². The van der Waals surface area contributed by atoms with Crippen LogP contribution in [-0.2, 0) is 19.1 Å². The van der Waals surface area contributed by atoms with Crippen molar-refractivity contribution in [3.8, 4) is 11.1 Å². The van der Waals surface area contributed by atoms with E-state index in [4.69, 9.17) is 9.47 Å². The minimum Gasteiger partial charge on any atom is -0.481 e. The standard InChI is InChI=1S/C27H32N2O6/c1-16(2)22(12-24(30)29-23-14-34-15-27(23,3)25(31)32)28-26(33)35-13-21-19-10-6-4-8-17(19)18-9-5-7-11-20(18)21/h4-11,16,21-23H,12-15H2,1-3H3,(H,28,33)(H,29,30)(H,31,32)/t22-,23?,27?/m0/s1. The van der Waals surface area contributed by atoms with Crippen LogP contribution in [0.3, 0.4) is 0 Å². The molecule has 3 atom stereocenters. The Hall–Kier alpha value is -3.39. The fourth-order valence-electron chi connectivity index (χ4n) is 4.78. The first-order valence-corrected chi connectivity index (χ1v) is 11.9. The number of carbonyl (C=O) groups excluding carboxylic acids is 2. The summed E-state index contributed by atoms with van der Waals surface area (Å²) in [5.74, 6) is -1.44. The third kappa shape index (κ3) is 5.03. The minimum atomic E-state index is -1.18. The van der Waals surface area contributed by atoms with Crippen LogP contribution in [0.25, 0.3) is 11.1 Å². The Bertz CT molecular complexity index is 1070. The van der Waals surface area contributed by atoms with Crippen molar-refractivity contribution < 1.29 is 29.0 Å². The second kappa shape index (κ2) is 10.1. The van der Waals surface area contributed by atoms with Crippen molar-refractivity contribution in [3.05, 3.63) is 59.7 Å². The lowest BCUT2D eigenvalue weighted by molar-refractivity contribution is -0.149. The van der Waals surface area contributed by atoms with Gasteiger partial charge in [0.1, 0.15) is 12.0 Å². The van der Waals surface area contributed by atoms with Gasteiger partial charge in [-0.2, -0.15) is 0 Å². The molecule has 2 aliphatic rings. The lowest BCUT2D eigenvalue weighted by atomic mass is 9.85. The second-order valence-corrected chi connectivity index (χ2v) is 9.88. The number of fused-ring (bicyclic) bond motifs is 3. The van der Waals surface area contributed by atoms with Crippen molar-refractivity contribution in [1.29, 1.82) is 0 Å². The van der Waals surface area contributed by atoms with Gasteiger partial charge >= 0.3 is 12.1 Å². The number of hydrogen-bond acceptors (Lipinski definition) is 5. The molecule has 2 unspecified atom stereocenters. The first-order chi connectivity index (χ1) is 16.7. The van der Waals surface area contributed by atoms with E-state index in [2.05, 4.69) is 34.9 Å². The smallest absolute Gasteiger partial charge is 0.407 e. The topological polar surface area (TPSA) is 114 Å². The van der Waals surface area contributed by atoms with Crippen molar-refractivity contribution in [2.24, 2.45) is 11.3 Å². The zero-order valence-electron chi connectivity index (χ0n) is 20.2. The molecular formula is C27H32N2O6. The summed E-state index contributed by atoms with van der Waals surface area (Å²) in [6.07, 6.45) is -0.577. The normalized spacial score (nSPS) is 21.8. The number of aliphatic carboxylic acids is 1. The van der Waals surface area contributed by atoms with Crippen molar-refractivity contribution in [1.82, 2.24) is 10.6 Å². The maximum atomic E-state index is 12.7. The number of carboxylic acids is 1. The fourth-order valence-corrected chi connectivity index (χ4v) is 4.78. The van der Waals surface area contributed by atoms with E-state index in [1.165, 1.54) is 0 Å². The van der Waals surface area contributed by atoms with Gasteiger partial charge in [-0.25, -0.2) is 4.79 Å². The van der Waals surface area contributed by atoms with E-state index in [-0.39, 0.29) is 44.0 Å². The molecule has 1 saturated heterocycles. The Morgan fingerprint density at radius 2 is 1.69 bits per heavy atom. The summed E-state index contributed by atoms with van der Waals surface area (Å²) >= 11 is 0. The molecule has 2 amide bonds. The minimum absolute atomic E-state index is 0.00800. The van der Waals surface area contributed by atoms with Crippen LogP contribution in [-0.4, -0.2) is 55.0 Å². The molecule has 35 heavy (non-hydrogen) atoms. The highest BCUT2D eigenvalue weighted by atomic mass is 16.5. The largest absolute Gasteiger partial charge is 0.481 e. The van der Waals surface area contributed by atoms with Crippen molar-refractivity contribution in [3.63, 3.8) is 0 Å². The van der Waals surface area contributed by atoms with Gasteiger partial charge in [0.05, 0.1) is 19.3 Å². The quantitative estimate of drug-likeness (QED) is 0.533. The summed E-state index contributed by atoms with van der Waals surface area (Å²) in [7, 11) is 0. The first kappa shape index (κ1) is 24.7. The van der Waals surface area contributed by atoms with E-state index in [9.17, 15) is 19.5 Å². The molecule has 0 aromatic heterocycles. The van der Waals surface area contributed by atoms with Gasteiger partial charge in [0.25, 0.3) is 0 Å². The summed E-state index contributed by atoms with van der Waals surface area (Å²) in [5.41, 5.74) is 3.38. The van der Waals surface area contributed by atoms with Gasteiger partial charge < -0.3 is 25.2 Å². The van der Waals surface area contributed by atoms with E-state index in [0.717, 1.165) is 22.3 Å². The Morgan fingerprint density at radius 3 is 2.26 bits per heavy atom. The molecule has 8 nitrogen and oxygen atoms in total. The van der Waals surface area contributed by atoms with Crippen LogP contribution in [0.15, 0.2) is 48.5 Å². The molecule has 0 radical (unpaired) electrons. The Labute approximate surface area is 205 Å². The van der Waals surface area contributed by atoms with Crippen LogP contribution in [0.2, 0.25) is 0 Å². The molecule has 4 rings (SSSR count). The van der Waals surface area contributed by atoms with E-state index >= 15 is 0 Å². The average molecular weight is 481 g/mol. The molecule has 8 heteroatoms. The maximum Gasteiger partial charge on any atom is 0.407 e. The van der Waals surface area contributed by atoms with Crippen molar-refractivity contribution in [2.45, 2.75) is 45.2 Å². The number of amides is 2. The Kier molecular flexibility index (Phi) is 7.12. The van der Waals surface area contributed by atoms with Crippen LogP contribution >= 0.6 is 0 Å². The predicted octanol–water partition coefficient (Wildman–Crippen LogP) is 3.55. The molecule has 1 fully saturated rings. The van der Waals surface area contributed by atoms with Gasteiger partial charge in [-0.05, 0) is 35.1 Å². The molecule has 186 valence electrons. The van der Waals surface area contributed by atoms with Gasteiger partial charge in [0, 0.05) is 18.4 Å². The zero-order valence-corrected chi connectivity index (χ0v) is 20.2. The number of ether oxygens (including phenoxy) is 2. The van der Waals surface area contributed by atoms with Gasteiger partial charge in [0.2, 0.25) is 5.91 Å². The van der Waals surface area contributed by atoms with Crippen LogP contribution < -0.4 is 10.6 Å². The molecule has 2 aromatic carbocycles. The molecule has 1 aliphatic carbocycles. The molecule has 0 bridgehead atoms. The zero-order chi connectivity index (χ0) is 25.2. The van der Waals surface area contributed by atoms with E-state index < -0.39 is 29.6 Å². The highest BCUT2D eigenvalue weighted by Gasteiger charge is 2.47. The maximum absolute atomic E-state index is 12.7. The molecule has 1 aliphatic heterocycles. The van der Waals surface area contributed by atoms with E-state index in [0.29, 0.717) is 0 Å². The SMILES string of the molecule is CC(C)[C@H](CC(=O)NC1COCC1(C)C(=O)O)NC(=O)OCC1c2ccccc2-c2ccccc21. The second-order valence-electron chi connectivity index (χ2n) is 9.88. The third-order valence-corrected chi connectivity index (χ3v) is 7.14. The number of alkyl carbamates (subject to hydrolysis) is 1. The lowest BCUT2D eigenvalue weighted by Crippen LogP contribution is -2.51. The summed E-state index contributed by atoms with van der Waals surface area (Å²) in [6.45, 7) is 5.73. The summed E-state index contributed by atoms with van der Waals surface area (Å²) in [4.78, 5) is 37.0. The summed E-state index contributed by atoms with van der Waals surface area (Å²) in [6, 6.07) is 15.1. The predicted molar refractivity (Wildman–Crippen MR) is 130 cm³/mol. The number of hydrogen-bond donors (Lipinski definition) is 3. The number of carboxylic acid groups (broad SMARTS) is 1.